The van der Waals surface area contributed by atoms with E-state index in [9.17, 15) is 24.3 Å². The monoisotopic (exact) mass is 841 g/mol. The average Bonchev–Trinajstić information content (AvgIpc) is 3.87. The number of phenols is 1. The molecule has 320 valence electrons. The molecule has 0 radical (unpaired) electrons. The van der Waals surface area contributed by atoms with Gasteiger partial charge in [0.15, 0.2) is 0 Å². The van der Waals surface area contributed by atoms with Gasteiger partial charge < -0.3 is 19.8 Å². The van der Waals surface area contributed by atoms with Crippen molar-refractivity contribution in [2.75, 3.05) is 37.6 Å². The highest BCUT2D eigenvalue weighted by Gasteiger charge is 2.43. The summed E-state index contributed by atoms with van der Waals surface area (Å²) in [6.07, 6.45) is 10.6. The number of likely N-dealkylation sites (tertiary alicyclic amines) is 1. The highest BCUT2D eigenvalue weighted by Crippen LogP contribution is 2.40. The van der Waals surface area contributed by atoms with Gasteiger partial charge >= 0.3 is 0 Å². The quantitative estimate of drug-likeness (QED) is 0.0839. The number of nitrogens with zero attached hydrogens (tertiary/aromatic N) is 4. The summed E-state index contributed by atoms with van der Waals surface area (Å²) in [7, 11) is 0. The van der Waals surface area contributed by atoms with Gasteiger partial charge in [0.05, 0.1) is 25.6 Å². The van der Waals surface area contributed by atoms with Crippen molar-refractivity contribution in [2.45, 2.75) is 76.7 Å². The molecule has 0 saturated carbocycles. The van der Waals surface area contributed by atoms with E-state index < -0.39 is 11.9 Å². The first-order chi connectivity index (χ1) is 30.6. The predicted molar refractivity (Wildman–Crippen MR) is 243 cm³/mol. The minimum absolute atomic E-state index is 0.0655. The van der Waals surface area contributed by atoms with Crippen molar-refractivity contribution in [3.8, 4) is 40.3 Å². The molecule has 63 heavy (non-hydrogen) atoms. The van der Waals surface area contributed by atoms with E-state index in [2.05, 4.69) is 82.2 Å². The Morgan fingerprint density at radius 3 is 2.27 bits per heavy atom. The van der Waals surface area contributed by atoms with Crippen molar-refractivity contribution in [3.05, 3.63) is 119 Å². The van der Waals surface area contributed by atoms with Crippen LogP contribution in [0.1, 0.15) is 72.0 Å². The van der Waals surface area contributed by atoms with E-state index in [1.165, 1.54) is 5.69 Å². The summed E-state index contributed by atoms with van der Waals surface area (Å²) in [5.41, 5.74) is 13.4. The molecule has 4 amide bonds. The van der Waals surface area contributed by atoms with Crippen LogP contribution >= 0.6 is 0 Å². The van der Waals surface area contributed by atoms with Gasteiger partial charge in [0.25, 0.3) is 5.91 Å². The number of piperidine rings is 3. The molecule has 1 atom stereocenters. The molecule has 3 saturated heterocycles. The van der Waals surface area contributed by atoms with Gasteiger partial charge in [-0.05, 0) is 99.3 Å². The number of benzene rings is 5. The van der Waals surface area contributed by atoms with Crippen LogP contribution in [0.4, 0.5) is 5.69 Å². The van der Waals surface area contributed by atoms with Gasteiger partial charge in [-0.25, -0.2) is 4.59 Å². The Balaban J connectivity index is 0.755. The number of hydrogen-bond acceptors (Lipinski definition) is 7. The second-order valence-electron chi connectivity index (χ2n) is 18.1. The fourth-order valence-electron chi connectivity index (χ4n) is 10.9. The maximum Gasteiger partial charge on any atom is 0.255 e. The largest absolute Gasteiger partial charge is 0.508 e. The number of aromatic hydroxyl groups is 1. The van der Waals surface area contributed by atoms with Crippen LogP contribution in [0.2, 0.25) is 0 Å². The molecule has 0 aliphatic carbocycles. The average molecular weight is 842 g/mol. The highest BCUT2D eigenvalue weighted by atomic mass is 16.3. The number of quaternary nitrogens is 1. The molecule has 5 aromatic carbocycles. The summed E-state index contributed by atoms with van der Waals surface area (Å²) in [5, 5.41) is 14.7. The molecule has 0 bridgehead atoms. The third-order valence-electron chi connectivity index (χ3n) is 14.3. The predicted octanol–water partition coefficient (Wildman–Crippen LogP) is 6.91. The third kappa shape index (κ3) is 7.83. The van der Waals surface area contributed by atoms with Crippen molar-refractivity contribution < 1.29 is 28.9 Å². The lowest BCUT2D eigenvalue weighted by molar-refractivity contribution is -0.976. The number of carbonyl (C=O) groups is 4. The van der Waals surface area contributed by atoms with E-state index in [4.69, 9.17) is 6.42 Å². The first-order valence-electron chi connectivity index (χ1n) is 22.5. The molecule has 5 aromatic rings. The van der Waals surface area contributed by atoms with Gasteiger partial charge in [-0.3, -0.25) is 24.5 Å². The Hall–Kier alpha value is -6.48. The Morgan fingerprint density at radius 2 is 1.54 bits per heavy atom. The number of phenolic OH excluding ortho intramolecular Hbond substituents is 1. The van der Waals surface area contributed by atoms with E-state index in [-0.39, 0.29) is 35.8 Å². The molecule has 3 N–H and O–H groups in total. The maximum atomic E-state index is 14.1. The minimum Gasteiger partial charge on any atom is -0.508 e. The van der Waals surface area contributed by atoms with E-state index in [0.29, 0.717) is 44.1 Å². The van der Waals surface area contributed by atoms with E-state index in [0.717, 1.165) is 113 Å². The van der Waals surface area contributed by atoms with E-state index in [1.54, 1.807) is 11.0 Å². The maximum absolute atomic E-state index is 14.1. The van der Waals surface area contributed by atoms with Crippen LogP contribution in [-0.2, 0) is 34.0 Å². The molecule has 5 aliphatic rings. The Morgan fingerprint density at radius 1 is 0.794 bits per heavy atom. The van der Waals surface area contributed by atoms with Gasteiger partial charge in [0.2, 0.25) is 17.7 Å². The van der Waals surface area contributed by atoms with Crippen LogP contribution < -0.4 is 15.6 Å². The van der Waals surface area contributed by atoms with Crippen molar-refractivity contribution in [1.29, 1.82) is 0 Å². The molecule has 3 fully saturated rings. The van der Waals surface area contributed by atoms with Crippen LogP contribution in [0.15, 0.2) is 97.1 Å². The smallest absolute Gasteiger partial charge is 0.255 e. The summed E-state index contributed by atoms with van der Waals surface area (Å²) < 4.78 is 0.735. The summed E-state index contributed by atoms with van der Waals surface area (Å²) in [6, 6.07) is 32.9. The van der Waals surface area contributed by atoms with Crippen molar-refractivity contribution in [2.24, 2.45) is 5.92 Å². The third-order valence-corrected chi connectivity index (χ3v) is 14.3. The number of carbonyl (C=O) groups excluding carboxylic acids is 4. The summed E-state index contributed by atoms with van der Waals surface area (Å²) in [5.74, 6) is 2.34. The Labute approximate surface area is 368 Å². The summed E-state index contributed by atoms with van der Waals surface area (Å²) >= 11 is 0. The van der Waals surface area contributed by atoms with Crippen LogP contribution in [0.25, 0.3) is 33.0 Å². The summed E-state index contributed by atoms with van der Waals surface area (Å²) in [6.45, 7) is 5.73. The molecule has 1 unspecified atom stereocenters. The van der Waals surface area contributed by atoms with Crippen LogP contribution in [0.5, 0.6) is 5.75 Å². The zero-order valence-electron chi connectivity index (χ0n) is 35.5. The second-order valence-corrected chi connectivity index (χ2v) is 18.1. The zero-order chi connectivity index (χ0) is 43.2. The van der Waals surface area contributed by atoms with Crippen LogP contribution in [0, 0.1) is 18.3 Å². The molecule has 0 aromatic heterocycles. The van der Waals surface area contributed by atoms with Crippen molar-refractivity contribution in [3.63, 3.8) is 0 Å². The normalized spacial score (nSPS) is 22.5. The standard InChI is InChI=1S/C52H52N6O5/c1-2-3-25-58(26-21-36(22-27-58)51(62)56-31-38-28-40-33-57(47-17-18-48(60)53-50(47)61)52(63)46(40)30-39(38)32-56)54-41-19-23-55(24-20-41)42-12-9-35(10-13-42)49-44(34-7-5-4-6-8-34)15-11-37-29-43(59)14-16-45(37)49/h1,4-16,28-30,36,41,47,54H,3,17-27,31-33H2,(H-,53,59,60,61)/p+1. The number of nitrogens with one attached hydrogen (secondary N) is 2. The minimum atomic E-state index is -0.644. The number of amides is 4. The topological polar surface area (TPSA) is 122 Å². The Bertz CT molecular complexity index is 2660. The molecular weight excluding hydrogens is 789 g/mol. The fourth-order valence-corrected chi connectivity index (χ4v) is 10.9. The Kier molecular flexibility index (Phi) is 10.7. The number of imide groups is 1. The van der Waals surface area contributed by atoms with E-state index in [1.807, 2.05) is 35.2 Å². The number of terminal acetylenes is 1. The van der Waals surface area contributed by atoms with Crippen molar-refractivity contribution in [1.82, 2.24) is 20.5 Å². The van der Waals surface area contributed by atoms with Gasteiger partial charge in [-0.1, -0.05) is 66.7 Å². The number of fused-ring (bicyclic) bond motifs is 3. The highest BCUT2D eigenvalue weighted by molar-refractivity contribution is 6.06. The molecule has 0 spiro atoms. The van der Waals surface area contributed by atoms with Crippen LogP contribution in [0.3, 0.4) is 0 Å². The molecule has 5 aliphatic heterocycles. The number of rotatable bonds is 9. The summed E-state index contributed by atoms with van der Waals surface area (Å²) in [4.78, 5) is 57.7. The SMILES string of the molecule is C#CCC[N+]1(NC2CCN(c3ccc(-c4c(-c5ccccc5)ccc5cc(O)ccc45)cc3)CC2)CCC(C(=O)N2Cc3cc4c(cc3C2)C(=O)N(C2CCC(=O)NC2=O)C4)CC1. The lowest BCUT2D eigenvalue weighted by Crippen LogP contribution is -2.66. The lowest BCUT2D eigenvalue weighted by Gasteiger charge is -2.46. The number of anilines is 1. The van der Waals surface area contributed by atoms with Crippen molar-refractivity contribution >= 4 is 40.1 Å². The molecule has 11 nitrogen and oxygen atoms in total. The number of hydrogen-bond donors (Lipinski definition) is 3. The molecule has 10 rings (SSSR count). The first kappa shape index (κ1) is 40.6. The molecular formula is C52H53N6O5+. The first-order valence-corrected chi connectivity index (χ1v) is 22.5. The zero-order valence-corrected chi connectivity index (χ0v) is 35.5. The van der Waals surface area contributed by atoms with Gasteiger partial charge in [-0.2, -0.15) is 5.43 Å². The van der Waals surface area contributed by atoms with E-state index >= 15 is 0 Å². The molecule has 5 heterocycles. The lowest BCUT2D eigenvalue weighted by atomic mass is 9.89. The van der Waals surface area contributed by atoms with Gasteiger partial charge in [0.1, 0.15) is 18.3 Å². The second kappa shape index (κ2) is 16.7. The fraction of sp³-hybridized carbons (Fsp3) is 0.346. The molecule has 11 heteroatoms. The van der Waals surface area contributed by atoms with Crippen LogP contribution in [-0.4, -0.2) is 87.9 Å². The van der Waals surface area contributed by atoms with Gasteiger partial charge in [-0.15, -0.1) is 12.3 Å². The van der Waals surface area contributed by atoms with Gasteiger partial charge in [0, 0.05) is 69.2 Å².